The molecular weight excluding hydrogens is 106 g/mol. The second-order valence-corrected chi connectivity index (χ2v) is 4.10. The van der Waals surface area contributed by atoms with E-state index in [4.69, 9.17) is 0 Å². The highest BCUT2D eigenvalue weighted by atomic mass is 32.2. The van der Waals surface area contributed by atoms with Gasteiger partial charge in [0.15, 0.2) is 0 Å². The van der Waals surface area contributed by atoms with Crippen molar-refractivity contribution in [3.05, 3.63) is 0 Å². The van der Waals surface area contributed by atoms with E-state index < -0.39 is 0 Å². The van der Waals surface area contributed by atoms with Crippen LogP contribution in [0.3, 0.4) is 0 Å². The molecule has 1 aliphatic rings. The Morgan fingerprint density at radius 1 is 1.57 bits per heavy atom. The Labute approximate surface area is 49.0 Å². The predicted molar refractivity (Wildman–Crippen MR) is 34.3 cm³/mol. The summed E-state index contributed by atoms with van der Waals surface area (Å²) in [6.07, 6.45) is 1.30. The van der Waals surface area contributed by atoms with Crippen LogP contribution in [0.2, 0.25) is 0 Å². The van der Waals surface area contributed by atoms with Crippen molar-refractivity contribution < 1.29 is 0 Å². The summed E-state index contributed by atoms with van der Waals surface area (Å²) in [5.74, 6) is 0. The minimum atomic E-state index is 0.500. The monoisotopic (exact) mass is 117 g/mol. The first kappa shape index (κ1) is 5.45. The summed E-state index contributed by atoms with van der Waals surface area (Å²) in [5.41, 5.74) is 0. The molecule has 1 heterocycles. The van der Waals surface area contributed by atoms with Gasteiger partial charge in [0.1, 0.15) is 0 Å². The molecule has 7 heavy (non-hydrogen) atoms. The van der Waals surface area contributed by atoms with Crippen molar-refractivity contribution in [2.24, 2.45) is 0 Å². The van der Waals surface area contributed by atoms with E-state index in [1.807, 2.05) is 11.9 Å². The van der Waals surface area contributed by atoms with Crippen molar-refractivity contribution in [2.75, 3.05) is 6.54 Å². The highest BCUT2D eigenvalue weighted by Crippen LogP contribution is 2.29. The fourth-order valence-corrected chi connectivity index (χ4v) is 1.45. The lowest BCUT2D eigenvalue weighted by Crippen LogP contribution is -2.07. The summed E-state index contributed by atoms with van der Waals surface area (Å²) in [7, 11) is 0. The van der Waals surface area contributed by atoms with E-state index in [2.05, 4.69) is 18.6 Å². The second kappa shape index (κ2) is 1.67. The standard InChI is InChI=1S/C5H11NS/c1-5(2)3-4-6-7-5/h6H,3-4H2,1-2H3. The van der Waals surface area contributed by atoms with Gasteiger partial charge < -0.3 is 0 Å². The zero-order valence-electron chi connectivity index (χ0n) is 4.82. The van der Waals surface area contributed by atoms with Gasteiger partial charge in [0.05, 0.1) is 0 Å². The molecule has 1 fully saturated rings. The summed E-state index contributed by atoms with van der Waals surface area (Å²) < 4.78 is 3.73. The zero-order valence-corrected chi connectivity index (χ0v) is 5.64. The van der Waals surface area contributed by atoms with Gasteiger partial charge in [-0.2, -0.15) is 0 Å². The molecule has 0 saturated carbocycles. The number of hydrogen-bond acceptors (Lipinski definition) is 2. The minimum absolute atomic E-state index is 0.500. The molecule has 0 bridgehead atoms. The van der Waals surface area contributed by atoms with Crippen molar-refractivity contribution >= 4 is 11.9 Å². The van der Waals surface area contributed by atoms with Crippen LogP contribution in [-0.4, -0.2) is 11.3 Å². The Balaban J connectivity index is 2.40. The predicted octanol–water partition coefficient (Wildman–Crippen LogP) is 1.41. The molecule has 1 nitrogen and oxygen atoms in total. The third-order valence-electron chi connectivity index (χ3n) is 1.18. The van der Waals surface area contributed by atoms with Crippen molar-refractivity contribution in [1.29, 1.82) is 0 Å². The first-order valence-electron chi connectivity index (χ1n) is 2.62. The van der Waals surface area contributed by atoms with Gasteiger partial charge in [-0.3, -0.25) is 4.72 Å². The summed E-state index contributed by atoms with van der Waals surface area (Å²) in [5, 5.41) is 0. The first-order chi connectivity index (χ1) is 3.21. The fourth-order valence-electron chi connectivity index (χ4n) is 0.649. The van der Waals surface area contributed by atoms with Crippen molar-refractivity contribution in [1.82, 2.24) is 4.72 Å². The van der Waals surface area contributed by atoms with E-state index in [9.17, 15) is 0 Å². The Bertz CT molecular complexity index is 62.5. The molecular formula is C5H11NS. The SMILES string of the molecule is CC1(C)CCNS1. The number of hydrogen-bond donors (Lipinski definition) is 1. The summed E-state index contributed by atoms with van der Waals surface area (Å²) in [6.45, 7) is 5.70. The minimum Gasteiger partial charge on any atom is -0.264 e. The Kier molecular flexibility index (Phi) is 1.30. The number of nitrogens with one attached hydrogen (secondary N) is 1. The average Bonchev–Trinajstić information content (AvgIpc) is 1.84. The molecule has 1 saturated heterocycles. The molecule has 1 aliphatic heterocycles. The van der Waals surface area contributed by atoms with E-state index in [1.165, 1.54) is 13.0 Å². The molecule has 1 rings (SSSR count). The molecule has 0 aromatic rings. The summed E-state index contributed by atoms with van der Waals surface area (Å²) in [6, 6.07) is 0. The van der Waals surface area contributed by atoms with Gasteiger partial charge in [-0.15, -0.1) is 0 Å². The Morgan fingerprint density at radius 3 is 2.43 bits per heavy atom. The largest absolute Gasteiger partial charge is 0.264 e. The lowest BCUT2D eigenvalue weighted by atomic mass is 10.1. The van der Waals surface area contributed by atoms with Crippen LogP contribution in [0, 0.1) is 0 Å². The van der Waals surface area contributed by atoms with E-state index >= 15 is 0 Å². The van der Waals surface area contributed by atoms with Gasteiger partial charge in [0.2, 0.25) is 0 Å². The van der Waals surface area contributed by atoms with Gasteiger partial charge in [0.25, 0.3) is 0 Å². The summed E-state index contributed by atoms with van der Waals surface area (Å²) >= 11 is 1.85. The highest BCUT2D eigenvalue weighted by Gasteiger charge is 2.22. The molecule has 0 aliphatic carbocycles. The van der Waals surface area contributed by atoms with Crippen molar-refractivity contribution in [2.45, 2.75) is 25.0 Å². The van der Waals surface area contributed by atoms with Crippen LogP contribution in [-0.2, 0) is 0 Å². The normalized spacial score (nSPS) is 28.3. The fraction of sp³-hybridized carbons (Fsp3) is 1.00. The topological polar surface area (TPSA) is 12.0 Å². The Hall–Kier alpha value is 0.310. The molecule has 0 radical (unpaired) electrons. The Morgan fingerprint density at radius 2 is 2.29 bits per heavy atom. The lowest BCUT2D eigenvalue weighted by molar-refractivity contribution is 0.680. The maximum atomic E-state index is 3.23. The van der Waals surface area contributed by atoms with E-state index in [0.717, 1.165) is 0 Å². The molecule has 2 heteroatoms. The van der Waals surface area contributed by atoms with Gasteiger partial charge in [-0.05, 0) is 20.3 Å². The van der Waals surface area contributed by atoms with Crippen LogP contribution in [0.5, 0.6) is 0 Å². The van der Waals surface area contributed by atoms with Crippen LogP contribution in [0.15, 0.2) is 0 Å². The van der Waals surface area contributed by atoms with Gasteiger partial charge in [0, 0.05) is 11.3 Å². The van der Waals surface area contributed by atoms with E-state index in [-0.39, 0.29) is 0 Å². The first-order valence-corrected chi connectivity index (χ1v) is 3.43. The van der Waals surface area contributed by atoms with Crippen LogP contribution >= 0.6 is 11.9 Å². The molecule has 0 atom stereocenters. The van der Waals surface area contributed by atoms with Crippen LogP contribution in [0.4, 0.5) is 0 Å². The molecule has 0 unspecified atom stereocenters. The highest BCUT2D eigenvalue weighted by molar-refractivity contribution is 7.99. The maximum absolute atomic E-state index is 3.23. The van der Waals surface area contributed by atoms with Crippen LogP contribution in [0.25, 0.3) is 0 Å². The van der Waals surface area contributed by atoms with E-state index in [0.29, 0.717) is 4.75 Å². The smallest absolute Gasteiger partial charge is 0.0261 e. The third-order valence-corrected chi connectivity index (χ3v) is 2.28. The zero-order chi connectivity index (χ0) is 5.33. The van der Waals surface area contributed by atoms with Gasteiger partial charge >= 0.3 is 0 Å². The quantitative estimate of drug-likeness (QED) is 0.481. The number of rotatable bonds is 0. The molecule has 0 aromatic carbocycles. The molecule has 0 aromatic heterocycles. The van der Waals surface area contributed by atoms with E-state index in [1.54, 1.807) is 0 Å². The molecule has 42 valence electrons. The summed E-state index contributed by atoms with van der Waals surface area (Å²) in [4.78, 5) is 0. The lowest BCUT2D eigenvalue weighted by Gasteiger charge is -2.11. The molecule has 1 N–H and O–H groups in total. The third kappa shape index (κ3) is 1.35. The van der Waals surface area contributed by atoms with Crippen molar-refractivity contribution in [3.8, 4) is 0 Å². The van der Waals surface area contributed by atoms with Gasteiger partial charge in [-0.25, -0.2) is 0 Å². The molecule has 0 spiro atoms. The van der Waals surface area contributed by atoms with Crippen LogP contribution in [0.1, 0.15) is 20.3 Å². The second-order valence-electron chi connectivity index (χ2n) is 2.51. The van der Waals surface area contributed by atoms with Crippen molar-refractivity contribution in [3.63, 3.8) is 0 Å². The van der Waals surface area contributed by atoms with Gasteiger partial charge in [-0.1, -0.05) is 11.9 Å². The maximum Gasteiger partial charge on any atom is 0.0261 e. The average molecular weight is 117 g/mol. The molecule has 0 amide bonds. The van der Waals surface area contributed by atoms with Crippen LogP contribution < -0.4 is 4.72 Å².